The number of urea groups is 1. The monoisotopic (exact) mass is 400 g/mol. The Kier molecular flexibility index (Phi) is 5.71. The zero-order valence-electron chi connectivity index (χ0n) is 14.1. The van der Waals surface area contributed by atoms with E-state index in [-0.39, 0.29) is 12.1 Å². The molecule has 0 saturated heterocycles. The summed E-state index contributed by atoms with van der Waals surface area (Å²) in [4.78, 5) is 19.9. The SMILES string of the molecule is CC(NC(=O)NCCCc1nc2ccccc2[nH]1)c1ccccc1Br. The van der Waals surface area contributed by atoms with Gasteiger partial charge in [0.2, 0.25) is 0 Å². The first-order valence-corrected chi connectivity index (χ1v) is 9.15. The number of nitrogens with zero attached hydrogens (tertiary/aromatic N) is 1. The van der Waals surface area contributed by atoms with Gasteiger partial charge in [-0.2, -0.15) is 0 Å². The van der Waals surface area contributed by atoms with Crippen LogP contribution >= 0.6 is 15.9 Å². The maximum atomic E-state index is 12.0. The zero-order valence-corrected chi connectivity index (χ0v) is 15.6. The van der Waals surface area contributed by atoms with Gasteiger partial charge in [0.25, 0.3) is 0 Å². The van der Waals surface area contributed by atoms with Gasteiger partial charge in [0, 0.05) is 17.4 Å². The summed E-state index contributed by atoms with van der Waals surface area (Å²) in [6, 6.07) is 15.6. The standard InChI is InChI=1S/C19H21BrN4O/c1-13(14-7-2-3-8-15(14)20)22-19(25)21-12-6-11-18-23-16-9-4-5-10-17(16)24-18/h2-5,7-10,13H,6,11-12H2,1H3,(H,23,24)(H2,21,22,25). The highest BCUT2D eigenvalue weighted by Gasteiger charge is 2.11. The second kappa shape index (κ2) is 8.16. The molecule has 0 radical (unpaired) electrons. The van der Waals surface area contributed by atoms with Crippen LogP contribution in [0.3, 0.4) is 0 Å². The fourth-order valence-electron chi connectivity index (χ4n) is 2.73. The number of nitrogens with one attached hydrogen (secondary N) is 3. The minimum Gasteiger partial charge on any atom is -0.342 e. The van der Waals surface area contributed by atoms with E-state index in [1.807, 2.05) is 55.5 Å². The smallest absolute Gasteiger partial charge is 0.315 e. The van der Waals surface area contributed by atoms with Gasteiger partial charge >= 0.3 is 6.03 Å². The Morgan fingerprint density at radius 1 is 1.20 bits per heavy atom. The molecule has 0 aliphatic heterocycles. The van der Waals surface area contributed by atoms with Crippen molar-refractivity contribution in [1.82, 2.24) is 20.6 Å². The van der Waals surface area contributed by atoms with Crippen molar-refractivity contribution in [3.05, 3.63) is 64.4 Å². The number of imidazole rings is 1. The lowest BCUT2D eigenvalue weighted by Crippen LogP contribution is -2.37. The van der Waals surface area contributed by atoms with Crippen molar-refractivity contribution in [3.8, 4) is 0 Å². The third-order valence-corrected chi connectivity index (χ3v) is 4.76. The number of hydrogen-bond donors (Lipinski definition) is 3. The van der Waals surface area contributed by atoms with Crippen LogP contribution in [0.1, 0.15) is 30.8 Å². The molecular formula is C19H21BrN4O. The first-order chi connectivity index (χ1) is 12.1. The molecule has 3 N–H and O–H groups in total. The first kappa shape index (κ1) is 17.5. The van der Waals surface area contributed by atoms with Gasteiger partial charge in [0.05, 0.1) is 17.1 Å². The Bertz CT molecular complexity index is 828. The minimum atomic E-state index is -0.159. The van der Waals surface area contributed by atoms with Gasteiger partial charge in [-0.3, -0.25) is 0 Å². The van der Waals surface area contributed by atoms with Gasteiger partial charge in [-0.25, -0.2) is 9.78 Å². The summed E-state index contributed by atoms with van der Waals surface area (Å²) >= 11 is 3.51. The maximum absolute atomic E-state index is 12.0. The Labute approximate surface area is 155 Å². The van der Waals surface area contributed by atoms with E-state index in [1.54, 1.807) is 0 Å². The van der Waals surface area contributed by atoms with E-state index < -0.39 is 0 Å². The average Bonchev–Trinajstić information content (AvgIpc) is 3.02. The third kappa shape index (κ3) is 4.60. The summed E-state index contributed by atoms with van der Waals surface area (Å²) < 4.78 is 0.993. The van der Waals surface area contributed by atoms with Crippen LogP contribution in [0.25, 0.3) is 11.0 Å². The van der Waals surface area contributed by atoms with Crippen molar-refractivity contribution >= 4 is 33.0 Å². The average molecular weight is 401 g/mol. The summed E-state index contributed by atoms with van der Waals surface area (Å²) in [7, 11) is 0. The lowest BCUT2D eigenvalue weighted by Gasteiger charge is -2.16. The molecule has 1 heterocycles. The van der Waals surface area contributed by atoms with Crippen LogP contribution in [0, 0.1) is 0 Å². The van der Waals surface area contributed by atoms with Gasteiger partial charge in [-0.05, 0) is 37.1 Å². The number of hydrogen-bond acceptors (Lipinski definition) is 2. The molecule has 3 aromatic rings. The molecule has 0 aliphatic carbocycles. The molecule has 1 atom stereocenters. The predicted octanol–water partition coefficient (Wildman–Crippen LogP) is 4.32. The Morgan fingerprint density at radius 2 is 1.96 bits per heavy atom. The second-order valence-corrected chi connectivity index (χ2v) is 6.80. The number of halogens is 1. The molecule has 0 spiro atoms. The number of carbonyl (C=O) groups is 1. The van der Waals surface area contributed by atoms with Crippen LogP contribution in [0.5, 0.6) is 0 Å². The van der Waals surface area contributed by atoms with Gasteiger partial charge in [0.15, 0.2) is 0 Å². The first-order valence-electron chi connectivity index (χ1n) is 8.36. The van der Waals surface area contributed by atoms with E-state index in [0.717, 1.165) is 39.7 Å². The number of rotatable bonds is 6. The van der Waals surface area contributed by atoms with Crippen molar-refractivity contribution in [2.45, 2.75) is 25.8 Å². The predicted molar refractivity (Wildman–Crippen MR) is 104 cm³/mol. The zero-order chi connectivity index (χ0) is 17.6. The highest BCUT2D eigenvalue weighted by atomic mass is 79.9. The fourth-order valence-corrected chi connectivity index (χ4v) is 3.36. The van der Waals surface area contributed by atoms with Crippen LogP contribution in [-0.4, -0.2) is 22.5 Å². The molecule has 0 saturated carbocycles. The van der Waals surface area contributed by atoms with Crippen LogP contribution in [-0.2, 0) is 6.42 Å². The normalized spacial score (nSPS) is 12.1. The molecule has 0 bridgehead atoms. The number of aromatic amines is 1. The number of aromatic nitrogens is 2. The maximum Gasteiger partial charge on any atom is 0.315 e. The molecule has 5 nitrogen and oxygen atoms in total. The lowest BCUT2D eigenvalue weighted by molar-refractivity contribution is 0.237. The van der Waals surface area contributed by atoms with Crippen molar-refractivity contribution < 1.29 is 4.79 Å². The molecule has 130 valence electrons. The van der Waals surface area contributed by atoms with Gasteiger partial charge in [-0.1, -0.05) is 46.3 Å². The van der Waals surface area contributed by atoms with Gasteiger partial charge < -0.3 is 15.6 Å². The molecule has 2 aromatic carbocycles. The minimum absolute atomic E-state index is 0.0639. The van der Waals surface area contributed by atoms with Crippen LogP contribution in [0.2, 0.25) is 0 Å². The number of aryl methyl sites for hydroxylation is 1. The molecule has 0 aliphatic rings. The molecule has 0 fully saturated rings. The fraction of sp³-hybridized carbons (Fsp3) is 0.263. The highest BCUT2D eigenvalue weighted by molar-refractivity contribution is 9.10. The Hall–Kier alpha value is -2.34. The largest absolute Gasteiger partial charge is 0.342 e. The topological polar surface area (TPSA) is 69.8 Å². The van der Waals surface area contributed by atoms with E-state index in [4.69, 9.17) is 0 Å². The summed E-state index contributed by atoms with van der Waals surface area (Å²) in [6.45, 7) is 2.57. The van der Waals surface area contributed by atoms with Crippen molar-refractivity contribution in [2.75, 3.05) is 6.54 Å². The molecule has 3 rings (SSSR count). The molecule has 1 unspecified atom stereocenters. The quantitative estimate of drug-likeness (QED) is 0.539. The van der Waals surface area contributed by atoms with Crippen LogP contribution in [0.15, 0.2) is 53.0 Å². The van der Waals surface area contributed by atoms with Gasteiger partial charge in [-0.15, -0.1) is 0 Å². The van der Waals surface area contributed by atoms with E-state index in [0.29, 0.717) is 6.54 Å². The molecule has 25 heavy (non-hydrogen) atoms. The van der Waals surface area contributed by atoms with Crippen LogP contribution in [0.4, 0.5) is 4.79 Å². The molecule has 6 heteroatoms. The number of amides is 2. The van der Waals surface area contributed by atoms with E-state index in [2.05, 4.69) is 36.5 Å². The number of carbonyl (C=O) groups excluding carboxylic acids is 1. The number of para-hydroxylation sites is 2. The third-order valence-electron chi connectivity index (χ3n) is 4.03. The number of H-pyrrole nitrogens is 1. The summed E-state index contributed by atoms with van der Waals surface area (Å²) in [6.07, 6.45) is 1.63. The van der Waals surface area contributed by atoms with Crippen molar-refractivity contribution in [1.29, 1.82) is 0 Å². The van der Waals surface area contributed by atoms with E-state index in [1.165, 1.54) is 0 Å². The van der Waals surface area contributed by atoms with E-state index in [9.17, 15) is 4.79 Å². The lowest BCUT2D eigenvalue weighted by atomic mass is 10.1. The Balaban J connectivity index is 1.42. The molecular weight excluding hydrogens is 380 g/mol. The van der Waals surface area contributed by atoms with Crippen molar-refractivity contribution in [2.24, 2.45) is 0 Å². The van der Waals surface area contributed by atoms with E-state index >= 15 is 0 Å². The van der Waals surface area contributed by atoms with Crippen molar-refractivity contribution in [3.63, 3.8) is 0 Å². The summed E-state index contributed by atoms with van der Waals surface area (Å²) in [5, 5.41) is 5.85. The Morgan fingerprint density at radius 3 is 2.76 bits per heavy atom. The molecule has 1 aromatic heterocycles. The van der Waals surface area contributed by atoms with Crippen LogP contribution < -0.4 is 10.6 Å². The van der Waals surface area contributed by atoms with Gasteiger partial charge in [0.1, 0.15) is 5.82 Å². The number of benzene rings is 2. The second-order valence-electron chi connectivity index (χ2n) is 5.95. The number of fused-ring (bicyclic) bond motifs is 1. The molecule has 2 amide bonds. The summed E-state index contributed by atoms with van der Waals surface area (Å²) in [5.74, 6) is 0.949. The summed E-state index contributed by atoms with van der Waals surface area (Å²) in [5.41, 5.74) is 3.08. The highest BCUT2D eigenvalue weighted by Crippen LogP contribution is 2.22.